The molecule has 0 radical (unpaired) electrons. The summed E-state index contributed by atoms with van der Waals surface area (Å²) in [5, 5.41) is 0. The molecule has 2 heterocycles. The standard InChI is InChI=1S/C19H30FN5O/c20-17-3-5-18(6-4-17)24-9-11-25(12-10-24)19(21)22-7-1-2-8-23-13-15-26-16-14-23/h3-6H,1-2,7-16H2,(H2,21,22). The third-order valence-corrected chi connectivity index (χ3v) is 5.06. The van der Waals surface area contributed by atoms with Crippen molar-refractivity contribution >= 4 is 11.6 Å². The lowest BCUT2D eigenvalue weighted by atomic mass is 10.2. The fourth-order valence-electron chi connectivity index (χ4n) is 3.41. The number of ether oxygens (including phenoxy) is 1. The molecule has 1 aromatic carbocycles. The van der Waals surface area contributed by atoms with E-state index < -0.39 is 0 Å². The third kappa shape index (κ3) is 5.57. The first-order valence-electron chi connectivity index (χ1n) is 9.58. The van der Waals surface area contributed by atoms with E-state index in [4.69, 9.17) is 10.5 Å². The second-order valence-corrected chi connectivity index (χ2v) is 6.85. The van der Waals surface area contributed by atoms with Crippen LogP contribution in [0.15, 0.2) is 29.3 Å². The average molecular weight is 363 g/mol. The molecule has 0 bridgehead atoms. The van der Waals surface area contributed by atoms with Crippen LogP contribution in [0.25, 0.3) is 0 Å². The van der Waals surface area contributed by atoms with E-state index in [2.05, 4.69) is 19.7 Å². The number of aliphatic imine (C=N–C) groups is 1. The van der Waals surface area contributed by atoms with Crippen molar-refractivity contribution in [3.05, 3.63) is 30.1 Å². The van der Waals surface area contributed by atoms with Crippen molar-refractivity contribution in [2.45, 2.75) is 12.8 Å². The number of anilines is 1. The smallest absolute Gasteiger partial charge is 0.191 e. The molecule has 0 atom stereocenters. The van der Waals surface area contributed by atoms with Crippen molar-refractivity contribution in [2.75, 3.05) is 70.5 Å². The normalized spacial score (nSPS) is 19.8. The summed E-state index contributed by atoms with van der Waals surface area (Å²) >= 11 is 0. The zero-order valence-electron chi connectivity index (χ0n) is 15.4. The molecule has 0 unspecified atom stereocenters. The van der Waals surface area contributed by atoms with Gasteiger partial charge in [-0.15, -0.1) is 0 Å². The van der Waals surface area contributed by atoms with E-state index in [0.29, 0.717) is 5.96 Å². The van der Waals surface area contributed by atoms with Crippen LogP contribution in [-0.2, 0) is 4.74 Å². The fraction of sp³-hybridized carbons (Fsp3) is 0.632. The van der Waals surface area contributed by atoms with Gasteiger partial charge in [-0.25, -0.2) is 4.39 Å². The number of hydrogen-bond acceptors (Lipinski definition) is 4. The molecular weight excluding hydrogens is 333 g/mol. The lowest BCUT2D eigenvalue weighted by Gasteiger charge is -2.36. The van der Waals surface area contributed by atoms with Gasteiger partial charge in [-0.05, 0) is 43.7 Å². The second kappa shape index (κ2) is 9.73. The van der Waals surface area contributed by atoms with Crippen LogP contribution >= 0.6 is 0 Å². The fourth-order valence-corrected chi connectivity index (χ4v) is 3.41. The summed E-state index contributed by atoms with van der Waals surface area (Å²) < 4.78 is 18.4. The summed E-state index contributed by atoms with van der Waals surface area (Å²) in [5.74, 6) is 0.451. The van der Waals surface area contributed by atoms with E-state index >= 15 is 0 Å². The molecule has 0 saturated carbocycles. The van der Waals surface area contributed by atoms with Crippen LogP contribution in [0.2, 0.25) is 0 Å². The summed E-state index contributed by atoms with van der Waals surface area (Å²) in [5.41, 5.74) is 7.22. The number of halogens is 1. The largest absolute Gasteiger partial charge is 0.379 e. The molecule has 2 N–H and O–H groups in total. The molecule has 2 aliphatic rings. The maximum absolute atomic E-state index is 13.0. The molecule has 7 heteroatoms. The van der Waals surface area contributed by atoms with Gasteiger partial charge in [-0.3, -0.25) is 9.89 Å². The summed E-state index contributed by atoms with van der Waals surface area (Å²) in [4.78, 5) is 11.4. The van der Waals surface area contributed by atoms with Crippen molar-refractivity contribution in [2.24, 2.45) is 10.7 Å². The first kappa shape index (κ1) is 18.9. The van der Waals surface area contributed by atoms with Crippen molar-refractivity contribution in [3.63, 3.8) is 0 Å². The molecule has 1 aromatic rings. The topological polar surface area (TPSA) is 57.3 Å². The SMILES string of the molecule is NC(=NCCCCN1CCOCC1)N1CCN(c2ccc(F)cc2)CC1. The van der Waals surface area contributed by atoms with E-state index in [0.717, 1.165) is 84.1 Å². The number of guanidine groups is 1. The molecule has 26 heavy (non-hydrogen) atoms. The molecule has 144 valence electrons. The van der Waals surface area contributed by atoms with Crippen LogP contribution in [0.4, 0.5) is 10.1 Å². The van der Waals surface area contributed by atoms with E-state index in [1.54, 1.807) is 0 Å². The van der Waals surface area contributed by atoms with Gasteiger partial charge in [0.05, 0.1) is 13.2 Å². The molecule has 0 spiro atoms. The minimum Gasteiger partial charge on any atom is -0.379 e. The first-order chi connectivity index (χ1) is 12.7. The van der Waals surface area contributed by atoms with Gasteiger partial charge in [0.25, 0.3) is 0 Å². The Kier molecular flexibility index (Phi) is 7.08. The van der Waals surface area contributed by atoms with Crippen LogP contribution < -0.4 is 10.6 Å². The number of hydrogen-bond donors (Lipinski definition) is 1. The average Bonchev–Trinajstić information content (AvgIpc) is 2.69. The predicted octanol–water partition coefficient (Wildman–Crippen LogP) is 1.37. The summed E-state index contributed by atoms with van der Waals surface area (Å²) in [6, 6.07) is 6.68. The molecule has 2 saturated heterocycles. The van der Waals surface area contributed by atoms with Crippen molar-refractivity contribution < 1.29 is 9.13 Å². The highest BCUT2D eigenvalue weighted by molar-refractivity contribution is 5.78. The van der Waals surface area contributed by atoms with E-state index in [9.17, 15) is 4.39 Å². The van der Waals surface area contributed by atoms with Crippen LogP contribution in [0.3, 0.4) is 0 Å². The highest BCUT2D eigenvalue weighted by Gasteiger charge is 2.18. The quantitative estimate of drug-likeness (QED) is 0.470. The Labute approximate surface area is 155 Å². The lowest BCUT2D eigenvalue weighted by Crippen LogP contribution is -2.51. The highest BCUT2D eigenvalue weighted by Crippen LogP contribution is 2.16. The predicted molar refractivity (Wildman–Crippen MR) is 103 cm³/mol. The van der Waals surface area contributed by atoms with Gasteiger partial charge in [0, 0.05) is 51.5 Å². The van der Waals surface area contributed by atoms with Crippen LogP contribution in [0, 0.1) is 5.82 Å². The molecule has 2 aliphatic heterocycles. The van der Waals surface area contributed by atoms with Crippen LogP contribution in [-0.4, -0.2) is 81.3 Å². The zero-order chi connectivity index (χ0) is 18.2. The van der Waals surface area contributed by atoms with Gasteiger partial charge < -0.3 is 20.3 Å². The lowest BCUT2D eigenvalue weighted by molar-refractivity contribution is 0.0373. The maximum atomic E-state index is 13.0. The van der Waals surface area contributed by atoms with Crippen molar-refractivity contribution in [3.8, 4) is 0 Å². The molecule has 0 aromatic heterocycles. The number of nitrogens with zero attached hydrogens (tertiary/aromatic N) is 4. The maximum Gasteiger partial charge on any atom is 0.191 e. The number of piperazine rings is 1. The number of rotatable bonds is 6. The Morgan fingerprint density at radius 3 is 2.38 bits per heavy atom. The minimum atomic E-state index is -0.197. The third-order valence-electron chi connectivity index (χ3n) is 5.06. The Balaban J connectivity index is 1.34. The minimum absolute atomic E-state index is 0.197. The van der Waals surface area contributed by atoms with Gasteiger partial charge in [0.2, 0.25) is 0 Å². The number of nitrogens with two attached hydrogens (primary N) is 1. The van der Waals surface area contributed by atoms with E-state index in [1.165, 1.54) is 12.1 Å². The molecule has 3 rings (SSSR count). The number of morpholine rings is 1. The summed E-state index contributed by atoms with van der Waals surface area (Å²) in [7, 11) is 0. The van der Waals surface area contributed by atoms with Gasteiger partial charge in [-0.2, -0.15) is 0 Å². The summed E-state index contributed by atoms with van der Waals surface area (Å²) in [6.45, 7) is 9.15. The first-order valence-corrected chi connectivity index (χ1v) is 9.58. The Bertz CT molecular complexity index is 566. The Hall–Kier alpha value is -1.86. The number of unbranched alkanes of at least 4 members (excludes halogenated alkanes) is 1. The van der Waals surface area contributed by atoms with Gasteiger partial charge in [-0.1, -0.05) is 0 Å². The second-order valence-electron chi connectivity index (χ2n) is 6.85. The molecule has 2 fully saturated rings. The van der Waals surface area contributed by atoms with Crippen molar-refractivity contribution in [1.82, 2.24) is 9.80 Å². The molecule has 6 nitrogen and oxygen atoms in total. The molecular formula is C19H30FN5O. The highest BCUT2D eigenvalue weighted by atomic mass is 19.1. The Morgan fingerprint density at radius 2 is 1.69 bits per heavy atom. The molecule has 0 aliphatic carbocycles. The Morgan fingerprint density at radius 1 is 1.00 bits per heavy atom. The van der Waals surface area contributed by atoms with E-state index in [-0.39, 0.29) is 5.82 Å². The van der Waals surface area contributed by atoms with Crippen LogP contribution in [0.1, 0.15) is 12.8 Å². The zero-order valence-corrected chi connectivity index (χ0v) is 15.4. The van der Waals surface area contributed by atoms with Crippen LogP contribution in [0.5, 0.6) is 0 Å². The monoisotopic (exact) mass is 363 g/mol. The summed E-state index contributed by atoms with van der Waals surface area (Å²) in [6.07, 6.45) is 2.21. The molecule has 0 amide bonds. The van der Waals surface area contributed by atoms with Gasteiger partial charge in [0.15, 0.2) is 5.96 Å². The van der Waals surface area contributed by atoms with Gasteiger partial charge in [0.1, 0.15) is 5.82 Å². The van der Waals surface area contributed by atoms with E-state index in [1.807, 2.05) is 12.1 Å². The number of benzene rings is 1. The van der Waals surface area contributed by atoms with Crippen molar-refractivity contribution in [1.29, 1.82) is 0 Å². The van der Waals surface area contributed by atoms with Gasteiger partial charge >= 0.3 is 0 Å².